The van der Waals surface area contributed by atoms with Crippen LogP contribution in [0.5, 0.6) is 0 Å². The minimum atomic E-state index is -4.23. The van der Waals surface area contributed by atoms with Crippen LogP contribution in [0.4, 0.5) is 4.79 Å². The van der Waals surface area contributed by atoms with Crippen molar-refractivity contribution in [1.29, 1.82) is 5.41 Å². The van der Waals surface area contributed by atoms with Crippen molar-refractivity contribution in [2.24, 2.45) is 5.92 Å². The van der Waals surface area contributed by atoms with Gasteiger partial charge in [0.05, 0.1) is 18.4 Å². The molecule has 1 aliphatic carbocycles. The molecule has 4 N–H and O–H groups in total. The number of rotatable bonds is 15. The molecule has 16 heteroatoms. The van der Waals surface area contributed by atoms with E-state index in [9.17, 15) is 27.6 Å². The highest BCUT2D eigenvalue weighted by molar-refractivity contribution is 7.89. The van der Waals surface area contributed by atoms with Gasteiger partial charge in [-0.05, 0) is 54.5 Å². The Morgan fingerprint density at radius 3 is 2.52 bits per heavy atom. The van der Waals surface area contributed by atoms with Crippen LogP contribution in [0, 0.1) is 11.3 Å². The van der Waals surface area contributed by atoms with Gasteiger partial charge in [-0.1, -0.05) is 30.3 Å². The number of methoxy groups -OCH3 is 1. The van der Waals surface area contributed by atoms with Crippen LogP contribution in [0.15, 0.2) is 47.4 Å². The summed E-state index contributed by atoms with van der Waals surface area (Å²) in [5, 5.41) is 17.3. The quantitative estimate of drug-likeness (QED) is 0.125. The van der Waals surface area contributed by atoms with Gasteiger partial charge in [0.1, 0.15) is 18.3 Å². The van der Waals surface area contributed by atoms with Crippen molar-refractivity contribution in [3.63, 3.8) is 0 Å². The van der Waals surface area contributed by atoms with E-state index >= 15 is 0 Å². The normalized spacial score (nSPS) is 17.5. The average Bonchev–Trinajstić information content (AvgIpc) is 3.90. The molecule has 1 heterocycles. The van der Waals surface area contributed by atoms with Gasteiger partial charge in [-0.15, -0.1) is 11.6 Å². The number of halogens is 1. The van der Waals surface area contributed by atoms with Gasteiger partial charge in [0.2, 0.25) is 27.7 Å². The topological polar surface area (TPSA) is 181 Å². The molecule has 4 rings (SSSR count). The number of ether oxygens (including phenoxy) is 1. The maximum absolute atomic E-state index is 13.6. The van der Waals surface area contributed by atoms with Crippen molar-refractivity contribution in [2.45, 2.75) is 49.1 Å². The van der Waals surface area contributed by atoms with Crippen LogP contribution >= 0.6 is 11.6 Å². The van der Waals surface area contributed by atoms with E-state index in [1.807, 2.05) is 12.1 Å². The Hall–Kier alpha value is -3.79. The van der Waals surface area contributed by atoms with Gasteiger partial charge < -0.3 is 20.3 Å². The number of benzene rings is 2. The average molecular weight is 678 g/mol. The van der Waals surface area contributed by atoms with E-state index in [1.165, 1.54) is 19.2 Å². The zero-order valence-corrected chi connectivity index (χ0v) is 27.2. The molecule has 2 aliphatic rings. The molecular weight excluding hydrogens is 638 g/mol. The van der Waals surface area contributed by atoms with Crippen LogP contribution in [-0.4, -0.2) is 111 Å². The first kappa shape index (κ1) is 35.1. The highest BCUT2D eigenvalue weighted by atomic mass is 35.5. The molecule has 0 aromatic heterocycles. The summed E-state index contributed by atoms with van der Waals surface area (Å²) in [6, 6.07) is 10.4. The molecule has 2 aromatic rings. The predicted octanol–water partition coefficient (Wildman–Crippen LogP) is 1.64. The fourth-order valence-electron chi connectivity index (χ4n) is 5.45. The van der Waals surface area contributed by atoms with Crippen LogP contribution in [0.1, 0.15) is 32.1 Å². The number of hydrazine groups is 1. The zero-order chi connectivity index (χ0) is 33.3. The maximum Gasteiger partial charge on any atom is 0.429 e. The van der Waals surface area contributed by atoms with E-state index in [0.717, 1.165) is 36.0 Å². The van der Waals surface area contributed by atoms with Crippen molar-refractivity contribution in [2.75, 3.05) is 45.7 Å². The van der Waals surface area contributed by atoms with Gasteiger partial charge in [0, 0.05) is 38.8 Å². The third-order valence-electron chi connectivity index (χ3n) is 7.98. The van der Waals surface area contributed by atoms with E-state index in [4.69, 9.17) is 21.7 Å². The monoisotopic (exact) mass is 677 g/mol. The summed E-state index contributed by atoms with van der Waals surface area (Å²) in [5.74, 6) is -1.80. The van der Waals surface area contributed by atoms with Gasteiger partial charge in [-0.2, -0.15) is 9.73 Å². The van der Waals surface area contributed by atoms with Crippen LogP contribution in [0.2, 0.25) is 0 Å². The summed E-state index contributed by atoms with van der Waals surface area (Å²) in [6.45, 7) is 1.38. The summed E-state index contributed by atoms with van der Waals surface area (Å²) < 4.78 is 34.3. The molecule has 0 unspecified atom stereocenters. The fraction of sp³-hybridized carbons (Fsp3) is 0.500. The smallest absolute Gasteiger partial charge is 0.429 e. The minimum Gasteiger partial charge on any atom is -0.452 e. The lowest BCUT2D eigenvalue weighted by molar-refractivity contribution is -0.135. The first-order valence-electron chi connectivity index (χ1n) is 15.1. The maximum atomic E-state index is 13.6. The minimum absolute atomic E-state index is 0.0447. The highest BCUT2D eigenvalue weighted by Crippen LogP contribution is 2.27. The Labute approximate surface area is 273 Å². The van der Waals surface area contributed by atoms with Crippen LogP contribution in [0.25, 0.3) is 10.8 Å². The molecule has 2 aromatic carbocycles. The number of carbonyl (C=O) groups is 4. The molecule has 1 saturated heterocycles. The van der Waals surface area contributed by atoms with E-state index in [0.29, 0.717) is 24.9 Å². The summed E-state index contributed by atoms with van der Waals surface area (Å²) in [5.41, 5.74) is 0. The van der Waals surface area contributed by atoms with Crippen molar-refractivity contribution in [3.8, 4) is 0 Å². The van der Waals surface area contributed by atoms with E-state index < -0.39 is 40.4 Å². The lowest BCUT2D eigenvalue weighted by Gasteiger charge is -2.37. The molecule has 46 heavy (non-hydrogen) atoms. The van der Waals surface area contributed by atoms with Crippen LogP contribution < -0.4 is 15.4 Å². The number of hydrogen-bond donors (Lipinski definition) is 4. The Morgan fingerprint density at radius 2 is 1.85 bits per heavy atom. The Bertz CT molecular complexity index is 1540. The van der Waals surface area contributed by atoms with Crippen molar-refractivity contribution < 1.29 is 32.3 Å². The lowest BCUT2D eigenvalue weighted by Crippen LogP contribution is -2.53. The largest absolute Gasteiger partial charge is 0.452 e. The van der Waals surface area contributed by atoms with Gasteiger partial charge in [0.25, 0.3) is 0 Å². The summed E-state index contributed by atoms with van der Waals surface area (Å²) in [7, 11) is -3.00. The standard InChI is InChI=1S/C30H40ClN7O7S/c1-45-30(42)38(20-32)36-13-4-5-21(19-36)18-34-29(41)26(16-28(40)37(24-9-10-24)14-12-33-27(39)17-31)35-46(43,44)25-11-8-22-6-2-3-7-23(22)15-25/h2-3,6-8,11,15,20-21,24,26,32,35H,4-5,9-10,12-14,16-19H2,1H3,(H,33,39)(H,34,41)/t21-,26-/m0/s1. The molecule has 250 valence electrons. The van der Waals surface area contributed by atoms with Gasteiger partial charge >= 0.3 is 6.09 Å². The van der Waals surface area contributed by atoms with E-state index in [1.54, 1.807) is 28.1 Å². The Morgan fingerprint density at radius 1 is 1.11 bits per heavy atom. The first-order valence-corrected chi connectivity index (χ1v) is 17.1. The molecule has 1 saturated carbocycles. The molecule has 1 aliphatic heterocycles. The number of hydrogen-bond acceptors (Lipinski definition) is 9. The third-order valence-corrected chi connectivity index (χ3v) is 9.69. The number of fused-ring (bicyclic) bond motifs is 1. The number of nitrogens with zero attached hydrogens (tertiary/aromatic N) is 3. The second kappa shape index (κ2) is 16.2. The number of piperidine rings is 1. The summed E-state index contributed by atoms with van der Waals surface area (Å²) in [4.78, 5) is 52.3. The second-order valence-corrected chi connectivity index (χ2v) is 13.3. The van der Waals surface area contributed by atoms with Gasteiger partial charge in [-0.25, -0.2) is 18.2 Å². The molecular formula is C30H40ClN7O7S. The SMILES string of the molecule is COC(=O)N(C=N)N1CCC[C@@H](CNC(=O)[C@H](CC(=O)N(CCNC(=O)CCl)C2CC2)NS(=O)(=O)c2ccc3ccccc3c2)C1. The number of carbonyl (C=O) groups excluding carboxylic acids is 4. The van der Waals surface area contributed by atoms with Crippen LogP contribution in [0.3, 0.4) is 0 Å². The summed E-state index contributed by atoms with van der Waals surface area (Å²) >= 11 is 5.55. The van der Waals surface area contributed by atoms with Crippen molar-refractivity contribution in [1.82, 2.24) is 30.3 Å². The number of amides is 4. The molecule has 2 atom stereocenters. The van der Waals surface area contributed by atoms with Crippen molar-refractivity contribution >= 4 is 62.5 Å². The Balaban J connectivity index is 1.49. The van der Waals surface area contributed by atoms with Crippen molar-refractivity contribution in [3.05, 3.63) is 42.5 Å². The Kier molecular flexibility index (Phi) is 12.3. The molecule has 0 bridgehead atoms. The molecule has 0 spiro atoms. The predicted molar refractivity (Wildman–Crippen MR) is 171 cm³/mol. The van der Waals surface area contributed by atoms with Gasteiger partial charge in [0.15, 0.2) is 0 Å². The first-order chi connectivity index (χ1) is 22.1. The molecule has 0 radical (unpaired) electrons. The van der Waals surface area contributed by atoms with Gasteiger partial charge in [-0.3, -0.25) is 19.8 Å². The number of alkyl halides is 1. The second-order valence-electron chi connectivity index (χ2n) is 11.3. The van der Waals surface area contributed by atoms with E-state index in [2.05, 4.69) is 15.4 Å². The molecule has 2 fully saturated rings. The fourth-order valence-corrected chi connectivity index (χ4v) is 6.77. The number of sulfonamides is 1. The van der Waals surface area contributed by atoms with E-state index in [-0.39, 0.29) is 48.3 Å². The zero-order valence-electron chi connectivity index (χ0n) is 25.6. The molecule has 14 nitrogen and oxygen atoms in total. The molecule has 4 amide bonds. The number of nitrogens with one attached hydrogen (secondary N) is 4. The lowest BCUT2D eigenvalue weighted by atomic mass is 9.99. The summed E-state index contributed by atoms with van der Waals surface area (Å²) in [6.07, 6.45) is 2.68. The third kappa shape index (κ3) is 9.37. The highest BCUT2D eigenvalue weighted by Gasteiger charge is 2.36. The van der Waals surface area contributed by atoms with Crippen LogP contribution in [-0.2, 0) is 29.1 Å².